The van der Waals surface area contributed by atoms with Crippen LogP contribution < -0.4 is 5.32 Å². The largest absolute Gasteiger partial charge is 0.313 e. The summed E-state index contributed by atoms with van der Waals surface area (Å²) in [6.07, 6.45) is 7.44. The molecule has 1 heteroatoms. The minimum absolute atomic E-state index is 0.766. The molecule has 2 heterocycles. The average Bonchev–Trinajstić information content (AvgIpc) is 2.04. The second kappa shape index (κ2) is 3.67. The van der Waals surface area contributed by atoms with Crippen molar-refractivity contribution in [1.29, 1.82) is 0 Å². The summed E-state index contributed by atoms with van der Waals surface area (Å²) in [6, 6.07) is 0. The van der Waals surface area contributed by atoms with Gasteiger partial charge in [-0.25, -0.2) is 0 Å². The zero-order chi connectivity index (χ0) is 9.26. The molecule has 1 N–H and O–H groups in total. The highest BCUT2D eigenvalue weighted by Gasteiger charge is 2.22. The first-order valence-corrected chi connectivity index (χ1v) is 5.32. The first-order chi connectivity index (χ1) is 6.25. The maximum absolute atomic E-state index is 3.47. The van der Waals surface area contributed by atoms with Gasteiger partial charge in [-0.05, 0) is 32.2 Å². The van der Waals surface area contributed by atoms with Gasteiger partial charge in [0.05, 0.1) is 0 Å². The Hall–Kier alpha value is -0.560. The fourth-order valence-corrected chi connectivity index (χ4v) is 2.21. The highest BCUT2D eigenvalue weighted by molar-refractivity contribution is 5.27. The molecule has 1 aliphatic carbocycles. The Labute approximate surface area is 80.9 Å². The molecule has 0 amide bonds. The summed E-state index contributed by atoms with van der Waals surface area (Å²) in [7, 11) is 0. The van der Waals surface area contributed by atoms with Gasteiger partial charge in [0.15, 0.2) is 0 Å². The van der Waals surface area contributed by atoms with Gasteiger partial charge in [0.25, 0.3) is 0 Å². The summed E-state index contributed by atoms with van der Waals surface area (Å²) >= 11 is 0. The molecule has 0 aromatic carbocycles. The molecule has 1 nitrogen and oxygen atoms in total. The molecule has 3 aliphatic rings. The number of fused-ring (bicyclic) bond motifs is 5. The molecule has 2 bridgehead atoms. The Morgan fingerprint density at radius 2 is 2.15 bits per heavy atom. The molecule has 0 saturated heterocycles. The Morgan fingerprint density at radius 1 is 1.38 bits per heavy atom. The molecule has 2 aliphatic heterocycles. The quantitative estimate of drug-likeness (QED) is 0.561. The van der Waals surface area contributed by atoms with E-state index in [0.717, 1.165) is 24.9 Å². The second-order valence-corrected chi connectivity index (χ2v) is 4.55. The Morgan fingerprint density at radius 3 is 2.92 bits per heavy atom. The number of allylic oxidation sites excluding steroid dienone is 3. The highest BCUT2D eigenvalue weighted by Crippen LogP contribution is 2.35. The summed E-state index contributed by atoms with van der Waals surface area (Å²) in [5.41, 5.74) is 3.22. The molecule has 2 atom stereocenters. The Bertz CT molecular complexity index is 250. The lowest BCUT2D eigenvalue weighted by Crippen LogP contribution is -2.25. The third kappa shape index (κ3) is 2.02. The van der Waals surface area contributed by atoms with Gasteiger partial charge >= 0.3 is 0 Å². The number of hydrogen-bond donors (Lipinski definition) is 1. The standard InChI is InChI=1S/C12H19N/c1-9-5-11-6-12(7-11)10(2)3-4-13-8-9/h3,6,9,12-13H,4-5,7-8H2,1-2H3/b10-3-/t9?,12-/m0/s1. The summed E-state index contributed by atoms with van der Waals surface area (Å²) in [5.74, 6) is 1.57. The van der Waals surface area contributed by atoms with Crippen LogP contribution in [0.5, 0.6) is 0 Å². The fraction of sp³-hybridized carbons (Fsp3) is 0.667. The summed E-state index contributed by atoms with van der Waals surface area (Å²) in [4.78, 5) is 0. The fourth-order valence-electron chi connectivity index (χ4n) is 2.21. The van der Waals surface area contributed by atoms with Crippen molar-refractivity contribution in [3.05, 3.63) is 23.3 Å². The van der Waals surface area contributed by atoms with E-state index in [2.05, 4.69) is 31.3 Å². The van der Waals surface area contributed by atoms with Crippen molar-refractivity contribution in [2.45, 2.75) is 26.7 Å². The van der Waals surface area contributed by atoms with Gasteiger partial charge in [-0.2, -0.15) is 0 Å². The van der Waals surface area contributed by atoms with Crippen LogP contribution >= 0.6 is 0 Å². The molecule has 1 unspecified atom stereocenters. The zero-order valence-corrected chi connectivity index (χ0v) is 8.64. The molecule has 0 radical (unpaired) electrons. The normalized spacial score (nSPS) is 38.3. The van der Waals surface area contributed by atoms with Crippen LogP contribution in [-0.4, -0.2) is 13.1 Å². The van der Waals surface area contributed by atoms with Gasteiger partial charge < -0.3 is 5.32 Å². The van der Waals surface area contributed by atoms with E-state index in [0.29, 0.717) is 0 Å². The van der Waals surface area contributed by atoms with Gasteiger partial charge in [-0.15, -0.1) is 0 Å². The minimum Gasteiger partial charge on any atom is -0.313 e. The van der Waals surface area contributed by atoms with Crippen molar-refractivity contribution in [1.82, 2.24) is 5.32 Å². The topological polar surface area (TPSA) is 12.0 Å². The first kappa shape index (κ1) is 9.01. The average molecular weight is 177 g/mol. The summed E-state index contributed by atoms with van der Waals surface area (Å²) in [6.45, 7) is 6.80. The maximum Gasteiger partial charge on any atom is 0.0137 e. The van der Waals surface area contributed by atoms with E-state index in [1.165, 1.54) is 12.8 Å². The smallest absolute Gasteiger partial charge is 0.0137 e. The molecular weight excluding hydrogens is 158 g/mol. The molecule has 3 rings (SSSR count). The third-order valence-electron chi connectivity index (χ3n) is 3.18. The van der Waals surface area contributed by atoms with Crippen molar-refractivity contribution in [3.8, 4) is 0 Å². The molecule has 0 saturated carbocycles. The van der Waals surface area contributed by atoms with E-state index in [9.17, 15) is 0 Å². The third-order valence-corrected chi connectivity index (χ3v) is 3.18. The van der Waals surface area contributed by atoms with Gasteiger partial charge in [0.2, 0.25) is 0 Å². The van der Waals surface area contributed by atoms with Crippen molar-refractivity contribution < 1.29 is 0 Å². The van der Waals surface area contributed by atoms with E-state index in [1.807, 2.05) is 0 Å². The highest BCUT2D eigenvalue weighted by atomic mass is 14.8. The van der Waals surface area contributed by atoms with E-state index in [1.54, 1.807) is 11.1 Å². The molecule has 0 fully saturated rings. The van der Waals surface area contributed by atoms with E-state index in [4.69, 9.17) is 0 Å². The summed E-state index contributed by atoms with van der Waals surface area (Å²) in [5, 5.41) is 3.47. The van der Waals surface area contributed by atoms with Crippen LogP contribution in [0.2, 0.25) is 0 Å². The first-order valence-electron chi connectivity index (χ1n) is 5.32. The van der Waals surface area contributed by atoms with Crippen molar-refractivity contribution in [2.75, 3.05) is 13.1 Å². The Kier molecular flexibility index (Phi) is 2.54. The zero-order valence-electron chi connectivity index (χ0n) is 8.64. The van der Waals surface area contributed by atoms with Crippen LogP contribution in [0.1, 0.15) is 26.7 Å². The summed E-state index contributed by atoms with van der Waals surface area (Å²) < 4.78 is 0. The predicted molar refractivity (Wildman–Crippen MR) is 56.6 cm³/mol. The number of rotatable bonds is 0. The minimum atomic E-state index is 0.766. The molecule has 0 aromatic heterocycles. The van der Waals surface area contributed by atoms with Crippen molar-refractivity contribution in [3.63, 3.8) is 0 Å². The van der Waals surface area contributed by atoms with Crippen LogP contribution in [0.15, 0.2) is 23.3 Å². The van der Waals surface area contributed by atoms with Crippen LogP contribution in [-0.2, 0) is 0 Å². The van der Waals surface area contributed by atoms with Crippen LogP contribution in [0.4, 0.5) is 0 Å². The lowest BCUT2D eigenvalue weighted by Gasteiger charge is -2.29. The van der Waals surface area contributed by atoms with Crippen LogP contribution in [0, 0.1) is 11.8 Å². The molecule has 72 valence electrons. The number of nitrogens with one attached hydrogen (secondary N) is 1. The Balaban J connectivity index is 2.06. The van der Waals surface area contributed by atoms with Gasteiger partial charge in [0, 0.05) is 12.5 Å². The van der Waals surface area contributed by atoms with E-state index < -0.39 is 0 Å². The van der Waals surface area contributed by atoms with E-state index >= 15 is 0 Å². The van der Waals surface area contributed by atoms with Gasteiger partial charge in [0.1, 0.15) is 0 Å². The SMILES string of the molecule is C/C1=C/CNCC(C)CC2=C[C@H]1C2. The van der Waals surface area contributed by atoms with E-state index in [-0.39, 0.29) is 0 Å². The van der Waals surface area contributed by atoms with Crippen LogP contribution in [0.25, 0.3) is 0 Å². The van der Waals surface area contributed by atoms with Gasteiger partial charge in [-0.1, -0.05) is 30.2 Å². The van der Waals surface area contributed by atoms with Gasteiger partial charge in [-0.3, -0.25) is 0 Å². The molecular formula is C12H19N. The lowest BCUT2D eigenvalue weighted by molar-refractivity contribution is 0.484. The second-order valence-electron chi connectivity index (χ2n) is 4.55. The predicted octanol–water partition coefficient (Wildman–Crippen LogP) is 2.51. The number of hydrogen-bond acceptors (Lipinski definition) is 1. The monoisotopic (exact) mass is 177 g/mol. The molecule has 0 aromatic rings. The molecule has 13 heavy (non-hydrogen) atoms. The molecule has 0 spiro atoms. The maximum atomic E-state index is 3.47. The van der Waals surface area contributed by atoms with Crippen LogP contribution in [0.3, 0.4) is 0 Å². The van der Waals surface area contributed by atoms with Crippen molar-refractivity contribution in [2.24, 2.45) is 11.8 Å². The van der Waals surface area contributed by atoms with Crippen molar-refractivity contribution >= 4 is 0 Å². The lowest BCUT2D eigenvalue weighted by atomic mass is 9.78.